The quantitative estimate of drug-likeness (QED) is 0.795. The fourth-order valence-corrected chi connectivity index (χ4v) is 2.68. The van der Waals surface area contributed by atoms with Crippen LogP contribution in [0.25, 0.3) is 11.0 Å². The van der Waals surface area contributed by atoms with E-state index in [0.29, 0.717) is 16.1 Å². The topological polar surface area (TPSA) is 55.1 Å². The molecule has 3 aromatic rings. The number of hydrogen-bond donors (Lipinski definition) is 1. The molecule has 0 aliphatic carbocycles. The van der Waals surface area contributed by atoms with Crippen molar-refractivity contribution in [1.82, 2.24) is 9.55 Å². The van der Waals surface area contributed by atoms with Crippen molar-refractivity contribution < 1.29 is 9.90 Å². The van der Waals surface area contributed by atoms with Crippen LogP contribution in [-0.2, 0) is 0 Å². The number of carboxylic acids is 1. The number of halogens is 1. The summed E-state index contributed by atoms with van der Waals surface area (Å²) in [5.41, 5.74) is 2.54. The van der Waals surface area contributed by atoms with Gasteiger partial charge in [-0.25, -0.2) is 9.78 Å². The first kappa shape index (κ1) is 13.6. The molecule has 1 atom stereocenters. The van der Waals surface area contributed by atoms with E-state index in [4.69, 9.17) is 11.6 Å². The van der Waals surface area contributed by atoms with Gasteiger partial charge in [0.05, 0.1) is 29.0 Å². The van der Waals surface area contributed by atoms with Gasteiger partial charge in [0.15, 0.2) is 0 Å². The molecule has 2 aromatic carbocycles. The van der Waals surface area contributed by atoms with Gasteiger partial charge in [0.25, 0.3) is 0 Å². The lowest BCUT2D eigenvalue weighted by Crippen LogP contribution is -2.08. The average molecular weight is 301 g/mol. The minimum atomic E-state index is -0.958. The van der Waals surface area contributed by atoms with Gasteiger partial charge < -0.3 is 9.67 Å². The number of nitrogens with zero attached hydrogens (tertiary/aromatic N) is 2. The molecule has 0 amide bonds. The third-order valence-electron chi connectivity index (χ3n) is 3.57. The Morgan fingerprint density at radius 2 is 2.05 bits per heavy atom. The Bertz CT molecular complexity index is 826. The first-order valence-electron chi connectivity index (χ1n) is 6.52. The molecular weight excluding hydrogens is 288 g/mol. The second-order valence-electron chi connectivity index (χ2n) is 4.86. The number of aromatic carboxylic acids is 1. The maximum absolute atomic E-state index is 11.4. The molecule has 0 saturated heterocycles. The zero-order valence-corrected chi connectivity index (χ0v) is 12.1. The van der Waals surface area contributed by atoms with Gasteiger partial charge in [-0.15, -0.1) is 0 Å². The first-order valence-corrected chi connectivity index (χ1v) is 6.90. The highest BCUT2D eigenvalue weighted by atomic mass is 35.5. The molecule has 0 fully saturated rings. The molecule has 1 heterocycles. The van der Waals surface area contributed by atoms with Gasteiger partial charge in [0, 0.05) is 5.02 Å². The fourth-order valence-electron chi connectivity index (χ4n) is 2.48. The summed E-state index contributed by atoms with van der Waals surface area (Å²) in [4.78, 5) is 15.7. The van der Waals surface area contributed by atoms with Crippen molar-refractivity contribution in [3.63, 3.8) is 0 Å². The number of rotatable bonds is 3. The van der Waals surface area contributed by atoms with Gasteiger partial charge >= 0.3 is 5.97 Å². The van der Waals surface area contributed by atoms with Crippen LogP contribution in [-0.4, -0.2) is 20.6 Å². The van der Waals surface area contributed by atoms with Crippen LogP contribution in [0.2, 0.25) is 5.02 Å². The molecule has 21 heavy (non-hydrogen) atoms. The molecule has 0 aliphatic rings. The molecular formula is C16H13ClN2O2. The van der Waals surface area contributed by atoms with E-state index < -0.39 is 5.97 Å². The summed E-state index contributed by atoms with van der Waals surface area (Å²) in [6.45, 7) is 1.99. The number of carbonyl (C=O) groups is 1. The third-order valence-corrected chi connectivity index (χ3v) is 3.81. The largest absolute Gasteiger partial charge is 0.478 e. The second-order valence-corrected chi connectivity index (χ2v) is 5.30. The summed E-state index contributed by atoms with van der Waals surface area (Å²) in [6.07, 6.45) is 1.67. The Morgan fingerprint density at radius 3 is 2.76 bits per heavy atom. The van der Waals surface area contributed by atoms with Crippen molar-refractivity contribution >= 4 is 28.6 Å². The molecule has 1 N–H and O–H groups in total. The number of carboxylic acid groups (broad SMARTS) is 1. The minimum Gasteiger partial charge on any atom is -0.478 e. The molecule has 0 bridgehead atoms. The average Bonchev–Trinajstić information content (AvgIpc) is 2.90. The molecule has 0 saturated carbocycles. The summed E-state index contributed by atoms with van der Waals surface area (Å²) in [5, 5.41) is 10.0. The number of fused-ring (bicyclic) bond motifs is 1. The molecule has 3 rings (SSSR count). The summed E-state index contributed by atoms with van der Waals surface area (Å²) < 4.78 is 1.87. The third kappa shape index (κ3) is 2.38. The molecule has 5 heteroatoms. The summed E-state index contributed by atoms with van der Waals surface area (Å²) in [6, 6.07) is 12.6. The van der Waals surface area contributed by atoms with E-state index in [-0.39, 0.29) is 11.6 Å². The van der Waals surface area contributed by atoms with Crippen LogP contribution >= 0.6 is 11.6 Å². The summed E-state index contributed by atoms with van der Waals surface area (Å²) in [5.74, 6) is -0.958. The maximum atomic E-state index is 11.4. The summed E-state index contributed by atoms with van der Waals surface area (Å²) in [7, 11) is 0. The van der Waals surface area contributed by atoms with Crippen molar-refractivity contribution in [2.24, 2.45) is 0 Å². The van der Waals surface area contributed by atoms with Gasteiger partial charge in [-0.05, 0) is 36.8 Å². The Kier molecular flexibility index (Phi) is 3.39. The second kappa shape index (κ2) is 5.22. The lowest BCUT2D eigenvalue weighted by atomic mass is 10.1. The number of aromatic nitrogens is 2. The van der Waals surface area contributed by atoms with Crippen LogP contribution in [0.15, 0.2) is 48.8 Å². The smallest absolute Gasteiger partial charge is 0.337 e. The highest BCUT2D eigenvalue weighted by Gasteiger charge is 2.17. The van der Waals surface area contributed by atoms with Gasteiger partial charge in [-0.3, -0.25) is 0 Å². The lowest BCUT2D eigenvalue weighted by molar-refractivity contribution is 0.0698. The van der Waals surface area contributed by atoms with Crippen molar-refractivity contribution in [3.8, 4) is 0 Å². The predicted octanol–water partition coefficient (Wildman–Crippen LogP) is 4.00. The minimum absolute atomic E-state index is 0.0609. The molecule has 106 valence electrons. The van der Waals surface area contributed by atoms with Crippen molar-refractivity contribution in [1.29, 1.82) is 0 Å². The predicted molar refractivity (Wildman–Crippen MR) is 82.0 cm³/mol. The van der Waals surface area contributed by atoms with Gasteiger partial charge in [-0.2, -0.15) is 0 Å². The van der Waals surface area contributed by atoms with Gasteiger partial charge in [0.2, 0.25) is 0 Å². The van der Waals surface area contributed by atoms with Crippen LogP contribution in [0.1, 0.15) is 28.9 Å². The van der Waals surface area contributed by atoms with Crippen LogP contribution < -0.4 is 0 Å². The van der Waals surface area contributed by atoms with Crippen molar-refractivity contribution in [3.05, 3.63) is 64.9 Å². The zero-order chi connectivity index (χ0) is 15.0. The van der Waals surface area contributed by atoms with E-state index in [1.165, 1.54) is 0 Å². The lowest BCUT2D eigenvalue weighted by Gasteiger charge is -2.16. The monoisotopic (exact) mass is 300 g/mol. The molecule has 1 unspecified atom stereocenters. The fraction of sp³-hybridized carbons (Fsp3) is 0.125. The number of imidazole rings is 1. The Hall–Kier alpha value is -2.33. The molecule has 1 aromatic heterocycles. The standard InChI is InChI=1S/C16H13ClN2O2/c1-10(11-4-2-5-12(17)8-11)19-9-18-14-7-3-6-13(15(14)19)16(20)21/h2-10H,1H3,(H,20,21). The molecule has 4 nitrogen and oxygen atoms in total. The van der Waals surface area contributed by atoms with Crippen LogP contribution in [0.3, 0.4) is 0 Å². The molecule has 0 spiro atoms. The van der Waals surface area contributed by atoms with E-state index >= 15 is 0 Å². The van der Waals surface area contributed by atoms with E-state index in [9.17, 15) is 9.90 Å². The van der Waals surface area contributed by atoms with Crippen LogP contribution in [0, 0.1) is 0 Å². The van der Waals surface area contributed by atoms with E-state index in [0.717, 1.165) is 5.56 Å². The maximum Gasteiger partial charge on any atom is 0.337 e. The normalized spacial score (nSPS) is 12.5. The number of hydrogen-bond acceptors (Lipinski definition) is 2. The van der Waals surface area contributed by atoms with Gasteiger partial charge in [0.1, 0.15) is 0 Å². The Labute approximate surface area is 126 Å². The Morgan fingerprint density at radius 1 is 1.29 bits per heavy atom. The number of para-hydroxylation sites is 1. The van der Waals surface area contributed by atoms with Crippen molar-refractivity contribution in [2.75, 3.05) is 0 Å². The van der Waals surface area contributed by atoms with Crippen molar-refractivity contribution in [2.45, 2.75) is 13.0 Å². The molecule has 0 aliphatic heterocycles. The van der Waals surface area contributed by atoms with E-state index in [1.54, 1.807) is 18.5 Å². The first-order chi connectivity index (χ1) is 10.1. The van der Waals surface area contributed by atoms with E-state index in [2.05, 4.69) is 4.98 Å². The summed E-state index contributed by atoms with van der Waals surface area (Å²) >= 11 is 6.03. The highest BCUT2D eigenvalue weighted by molar-refractivity contribution is 6.30. The molecule has 0 radical (unpaired) electrons. The highest BCUT2D eigenvalue weighted by Crippen LogP contribution is 2.27. The van der Waals surface area contributed by atoms with E-state index in [1.807, 2.05) is 41.8 Å². The van der Waals surface area contributed by atoms with Crippen LogP contribution in [0.5, 0.6) is 0 Å². The SMILES string of the molecule is CC(c1cccc(Cl)c1)n1cnc2cccc(C(=O)O)c21. The van der Waals surface area contributed by atoms with Gasteiger partial charge in [-0.1, -0.05) is 29.8 Å². The zero-order valence-electron chi connectivity index (χ0n) is 11.3. The number of benzene rings is 2. The van der Waals surface area contributed by atoms with Crippen LogP contribution in [0.4, 0.5) is 0 Å². The Balaban J connectivity index is 2.18.